The monoisotopic (exact) mass is 424 g/mol. The van der Waals surface area contributed by atoms with Crippen LogP contribution in [0.2, 0.25) is 5.02 Å². The number of pyridine rings is 1. The second-order valence-corrected chi connectivity index (χ2v) is 6.61. The first-order valence-corrected chi connectivity index (χ1v) is 8.74. The molecular formula is C19H16ClF3N4O2. The number of benzene rings is 1. The topological polar surface area (TPSA) is 69.0 Å². The van der Waals surface area contributed by atoms with Gasteiger partial charge in [-0.05, 0) is 37.1 Å². The number of hydrogen-bond donors (Lipinski definition) is 1. The minimum absolute atomic E-state index is 0.104. The van der Waals surface area contributed by atoms with Gasteiger partial charge in [0, 0.05) is 0 Å². The first-order chi connectivity index (χ1) is 13.6. The van der Waals surface area contributed by atoms with Crippen LogP contribution in [0.1, 0.15) is 27.2 Å². The summed E-state index contributed by atoms with van der Waals surface area (Å²) >= 11 is 5.94. The average Bonchev–Trinajstić information content (AvgIpc) is 3.09. The van der Waals surface area contributed by atoms with Gasteiger partial charge in [0.2, 0.25) is 5.88 Å². The minimum atomic E-state index is -4.81. The van der Waals surface area contributed by atoms with E-state index in [4.69, 9.17) is 16.3 Å². The summed E-state index contributed by atoms with van der Waals surface area (Å²) in [5.74, 6) is -0.861. The van der Waals surface area contributed by atoms with Crippen molar-refractivity contribution in [2.45, 2.75) is 20.0 Å². The Morgan fingerprint density at radius 2 is 1.97 bits per heavy atom. The van der Waals surface area contributed by atoms with Crippen LogP contribution in [-0.2, 0) is 6.18 Å². The maximum Gasteiger partial charge on any atom is 0.434 e. The van der Waals surface area contributed by atoms with Gasteiger partial charge in [-0.15, -0.1) is 0 Å². The van der Waals surface area contributed by atoms with Crippen molar-refractivity contribution >= 4 is 23.2 Å². The number of alkyl halides is 3. The second kappa shape index (κ2) is 7.75. The van der Waals surface area contributed by atoms with Crippen LogP contribution < -0.4 is 10.1 Å². The third-order valence-electron chi connectivity index (χ3n) is 4.35. The highest BCUT2D eigenvalue weighted by Crippen LogP contribution is 2.35. The highest BCUT2D eigenvalue weighted by atomic mass is 35.5. The minimum Gasteiger partial charge on any atom is -0.480 e. The molecule has 0 spiro atoms. The van der Waals surface area contributed by atoms with Crippen LogP contribution in [0.3, 0.4) is 0 Å². The number of aromatic nitrogens is 3. The molecule has 0 fully saturated rings. The molecule has 0 aliphatic heterocycles. The fraction of sp³-hybridized carbons (Fsp3) is 0.211. The van der Waals surface area contributed by atoms with E-state index >= 15 is 0 Å². The van der Waals surface area contributed by atoms with E-state index in [2.05, 4.69) is 15.4 Å². The smallest absolute Gasteiger partial charge is 0.434 e. The number of carbonyl (C=O) groups excluding carboxylic acids is 1. The van der Waals surface area contributed by atoms with E-state index in [-0.39, 0.29) is 22.3 Å². The van der Waals surface area contributed by atoms with Gasteiger partial charge in [-0.25, -0.2) is 9.67 Å². The predicted molar refractivity (Wildman–Crippen MR) is 102 cm³/mol. The van der Waals surface area contributed by atoms with E-state index in [1.165, 1.54) is 25.4 Å². The second-order valence-electron chi connectivity index (χ2n) is 6.20. The van der Waals surface area contributed by atoms with Gasteiger partial charge in [-0.3, -0.25) is 4.79 Å². The third kappa shape index (κ3) is 4.04. The summed E-state index contributed by atoms with van der Waals surface area (Å²) in [5.41, 5.74) is -0.00386. The lowest BCUT2D eigenvalue weighted by Crippen LogP contribution is -2.21. The van der Waals surface area contributed by atoms with Crippen LogP contribution in [0, 0.1) is 13.8 Å². The van der Waals surface area contributed by atoms with Crippen LogP contribution in [0.25, 0.3) is 5.69 Å². The Morgan fingerprint density at radius 3 is 2.59 bits per heavy atom. The van der Waals surface area contributed by atoms with E-state index < -0.39 is 23.3 Å². The Labute approximate surface area is 169 Å². The Bertz CT molecular complexity index is 1080. The first kappa shape index (κ1) is 20.7. The maximum atomic E-state index is 13.8. The molecule has 0 saturated carbocycles. The Balaban J connectivity index is 2.04. The van der Waals surface area contributed by atoms with Gasteiger partial charge in [-0.2, -0.15) is 18.3 Å². The lowest BCUT2D eigenvalue weighted by molar-refractivity contribution is -0.143. The summed E-state index contributed by atoms with van der Waals surface area (Å²) < 4.78 is 47.1. The largest absolute Gasteiger partial charge is 0.480 e. The van der Waals surface area contributed by atoms with Gasteiger partial charge >= 0.3 is 6.18 Å². The van der Waals surface area contributed by atoms with Crippen molar-refractivity contribution in [1.29, 1.82) is 0 Å². The fourth-order valence-corrected chi connectivity index (χ4v) is 3.02. The van der Waals surface area contributed by atoms with E-state index in [0.29, 0.717) is 5.56 Å². The molecule has 2 heterocycles. The number of rotatable bonds is 4. The number of ether oxygens (including phenoxy) is 1. The molecule has 1 aromatic carbocycles. The first-order valence-electron chi connectivity index (χ1n) is 8.36. The molecule has 3 rings (SSSR count). The number of amides is 1. The quantitative estimate of drug-likeness (QED) is 0.652. The molecule has 1 amide bonds. The van der Waals surface area contributed by atoms with Gasteiger partial charge in [0.1, 0.15) is 5.02 Å². The number of nitrogens with one attached hydrogen (secondary N) is 1. The molecule has 6 nitrogen and oxygen atoms in total. The van der Waals surface area contributed by atoms with E-state index in [0.717, 1.165) is 16.4 Å². The molecule has 10 heteroatoms. The van der Waals surface area contributed by atoms with E-state index in [9.17, 15) is 18.0 Å². The molecular weight excluding hydrogens is 409 g/mol. The Morgan fingerprint density at radius 1 is 1.24 bits per heavy atom. The number of methoxy groups -OCH3 is 1. The average molecular weight is 425 g/mol. The maximum absolute atomic E-state index is 13.8. The van der Waals surface area contributed by atoms with Gasteiger partial charge in [0.15, 0.2) is 5.69 Å². The highest BCUT2D eigenvalue weighted by molar-refractivity contribution is 6.32. The Hall–Kier alpha value is -3.07. The van der Waals surface area contributed by atoms with E-state index in [1.807, 2.05) is 0 Å². The molecule has 2 aromatic heterocycles. The van der Waals surface area contributed by atoms with Crippen molar-refractivity contribution in [2.24, 2.45) is 0 Å². The molecule has 0 radical (unpaired) electrons. The molecule has 0 saturated heterocycles. The summed E-state index contributed by atoms with van der Waals surface area (Å²) in [6.07, 6.45) is -2.70. The number of aryl methyl sites for hydroxylation is 1. The van der Waals surface area contributed by atoms with Crippen LogP contribution in [0.4, 0.5) is 18.9 Å². The number of nitrogens with zero attached hydrogens (tertiary/aromatic N) is 3. The summed E-state index contributed by atoms with van der Waals surface area (Å²) in [6.45, 7) is 3.47. The summed E-state index contributed by atoms with van der Waals surface area (Å²) in [6, 6.07) is 6.25. The van der Waals surface area contributed by atoms with E-state index in [1.54, 1.807) is 26.0 Å². The number of carbonyl (C=O) groups is 1. The van der Waals surface area contributed by atoms with Crippen molar-refractivity contribution in [3.63, 3.8) is 0 Å². The molecule has 0 unspecified atom stereocenters. The number of hydrogen-bond acceptors (Lipinski definition) is 4. The molecule has 0 atom stereocenters. The predicted octanol–water partition coefficient (Wildman–Crippen LogP) is 4.82. The molecule has 152 valence electrons. The number of halogens is 4. The van der Waals surface area contributed by atoms with Crippen molar-refractivity contribution in [2.75, 3.05) is 12.4 Å². The summed E-state index contributed by atoms with van der Waals surface area (Å²) in [4.78, 5) is 16.5. The van der Waals surface area contributed by atoms with Crippen LogP contribution in [0.5, 0.6) is 5.88 Å². The molecule has 29 heavy (non-hydrogen) atoms. The van der Waals surface area contributed by atoms with Crippen molar-refractivity contribution in [3.8, 4) is 11.6 Å². The van der Waals surface area contributed by atoms with Gasteiger partial charge < -0.3 is 10.1 Å². The lowest BCUT2D eigenvalue weighted by Gasteiger charge is -2.15. The lowest BCUT2D eigenvalue weighted by atomic mass is 10.1. The van der Waals surface area contributed by atoms with Crippen molar-refractivity contribution in [1.82, 2.24) is 14.8 Å². The zero-order valence-corrected chi connectivity index (χ0v) is 16.4. The van der Waals surface area contributed by atoms with Gasteiger partial charge in [0.05, 0.1) is 36.4 Å². The van der Waals surface area contributed by atoms with Crippen LogP contribution in [-0.4, -0.2) is 27.8 Å². The summed E-state index contributed by atoms with van der Waals surface area (Å²) in [5, 5.41) is 6.30. The highest BCUT2D eigenvalue weighted by Gasteiger charge is 2.40. The van der Waals surface area contributed by atoms with Gasteiger partial charge in [0.25, 0.3) is 5.91 Å². The Kier molecular flexibility index (Phi) is 5.52. The zero-order chi connectivity index (χ0) is 21.3. The molecule has 1 N–H and O–H groups in total. The molecule has 0 aliphatic carbocycles. The normalized spacial score (nSPS) is 11.4. The number of anilines is 1. The van der Waals surface area contributed by atoms with Crippen LogP contribution in [0.15, 0.2) is 36.7 Å². The van der Waals surface area contributed by atoms with Gasteiger partial charge in [-0.1, -0.05) is 23.7 Å². The van der Waals surface area contributed by atoms with Crippen molar-refractivity contribution in [3.05, 3.63) is 64.1 Å². The molecule has 0 bridgehead atoms. The van der Waals surface area contributed by atoms with Crippen LogP contribution >= 0.6 is 11.6 Å². The zero-order valence-electron chi connectivity index (χ0n) is 15.6. The summed E-state index contributed by atoms with van der Waals surface area (Å²) in [7, 11) is 1.36. The standard InChI is InChI=1S/C19H16ClF3N4O2/c1-10-5-4-6-15(11(10)2)27-16(19(21,22)23)13(9-25-27)17(28)26-12-7-14(20)18(29-3)24-8-12/h4-9H,1-3H3,(H,26,28). The fourth-order valence-electron chi connectivity index (χ4n) is 2.78. The third-order valence-corrected chi connectivity index (χ3v) is 4.62. The molecule has 3 aromatic rings. The molecule has 0 aliphatic rings. The SMILES string of the molecule is COc1ncc(NC(=O)c2cnn(-c3cccc(C)c3C)c2C(F)(F)F)cc1Cl. The van der Waals surface area contributed by atoms with Crippen molar-refractivity contribution < 1.29 is 22.7 Å².